The smallest absolute Gasteiger partial charge is 0.338 e. The average Bonchev–Trinajstić information content (AvgIpc) is 3.20. The second kappa shape index (κ2) is 8.77. The number of esters is 1. The van der Waals surface area contributed by atoms with Crippen molar-refractivity contribution in [2.75, 3.05) is 24.7 Å². The van der Waals surface area contributed by atoms with Gasteiger partial charge in [-0.15, -0.1) is 0 Å². The van der Waals surface area contributed by atoms with Crippen LogP contribution < -0.4 is 0 Å². The summed E-state index contributed by atoms with van der Waals surface area (Å²) in [6.07, 6.45) is 0.410. The molecule has 162 valence electrons. The number of halogens is 1. The molecule has 0 aliphatic carbocycles. The van der Waals surface area contributed by atoms with Gasteiger partial charge in [0.25, 0.3) is 5.91 Å². The van der Waals surface area contributed by atoms with Gasteiger partial charge in [-0.2, -0.15) is 5.10 Å². The molecule has 2 heterocycles. The van der Waals surface area contributed by atoms with Crippen molar-refractivity contribution in [3.8, 4) is 5.69 Å². The van der Waals surface area contributed by atoms with Crippen molar-refractivity contribution < 1.29 is 22.7 Å². The van der Waals surface area contributed by atoms with Crippen LogP contribution in [-0.2, 0) is 19.4 Å². The molecule has 30 heavy (non-hydrogen) atoms. The Labute approximate surface area is 180 Å². The van der Waals surface area contributed by atoms with Gasteiger partial charge in [0.15, 0.2) is 16.4 Å². The van der Waals surface area contributed by atoms with Gasteiger partial charge in [-0.05, 0) is 51.5 Å². The maximum absolute atomic E-state index is 12.4. The van der Waals surface area contributed by atoms with E-state index in [9.17, 15) is 18.0 Å². The Kier molecular flexibility index (Phi) is 6.52. The van der Waals surface area contributed by atoms with Crippen LogP contribution in [0.3, 0.4) is 0 Å². The summed E-state index contributed by atoms with van der Waals surface area (Å²) in [6.45, 7) is 5.36. The normalized spacial score (nSPS) is 17.7. The highest BCUT2D eigenvalue weighted by molar-refractivity contribution is 7.91. The van der Waals surface area contributed by atoms with E-state index in [0.29, 0.717) is 29.2 Å². The number of amides is 1. The molecule has 2 aromatic rings. The Morgan fingerprint density at radius 3 is 2.43 bits per heavy atom. The highest BCUT2D eigenvalue weighted by Crippen LogP contribution is 2.23. The number of aromatic nitrogens is 2. The predicted molar refractivity (Wildman–Crippen MR) is 113 cm³/mol. The van der Waals surface area contributed by atoms with Crippen molar-refractivity contribution in [2.24, 2.45) is 0 Å². The molecule has 0 radical (unpaired) electrons. The zero-order valence-electron chi connectivity index (χ0n) is 17.1. The molecule has 8 nitrogen and oxygen atoms in total. The van der Waals surface area contributed by atoms with E-state index in [-0.39, 0.29) is 17.5 Å². The van der Waals surface area contributed by atoms with Crippen molar-refractivity contribution in [1.82, 2.24) is 14.7 Å². The third-order valence-corrected chi connectivity index (χ3v) is 7.48. The first kappa shape index (κ1) is 22.3. The van der Waals surface area contributed by atoms with E-state index in [0.717, 1.165) is 11.4 Å². The molecule has 10 heteroatoms. The topological polar surface area (TPSA) is 98.6 Å². The predicted octanol–water partition coefficient (Wildman–Crippen LogP) is 2.33. The number of benzene rings is 1. The molecule has 0 saturated carbocycles. The Bertz CT molecular complexity index is 1060. The fraction of sp³-hybridized carbons (Fsp3) is 0.450. The number of likely N-dealkylation sites (N-methyl/N-ethyl adjacent to an activating group) is 1. The molecule has 3 rings (SSSR count). The summed E-state index contributed by atoms with van der Waals surface area (Å²) in [7, 11) is -3.11. The minimum Gasteiger partial charge on any atom is -0.452 e. The van der Waals surface area contributed by atoms with E-state index in [1.54, 1.807) is 35.9 Å². The molecule has 0 spiro atoms. The molecular formula is C20H24ClN3O5S. The van der Waals surface area contributed by atoms with Gasteiger partial charge in [-0.3, -0.25) is 4.79 Å². The molecule has 0 bridgehead atoms. The monoisotopic (exact) mass is 453 g/mol. The highest BCUT2D eigenvalue weighted by Gasteiger charge is 2.34. The number of carbonyl (C=O) groups is 2. The lowest BCUT2D eigenvalue weighted by atomic mass is 10.2. The maximum Gasteiger partial charge on any atom is 0.338 e. The van der Waals surface area contributed by atoms with Crippen LogP contribution in [0, 0.1) is 13.8 Å². The Balaban J connectivity index is 1.62. The molecule has 1 unspecified atom stereocenters. The van der Waals surface area contributed by atoms with Gasteiger partial charge >= 0.3 is 5.97 Å². The maximum atomic E-state index is 12.4. The van der Waals surface area contributed by atoms with Gasteiger partial charge in [0, 0.05) is 12.6 Å². The zero-order valence-corrected chi connectivity index (χ0v) is 18.7. The molecule has 1 aromatic heterocycles. The van der Waals surface area contributed by atoms with Crippen LogP contribution in [-0.4, -0.2) is 65.7 Å². The minimum atomic E-state index is -3.11. The summed E-state index contributed by atoms with van der Waals surface area (Å²) in [5.74, 6) is -0.995. The molecule has 1 saturated heterocycles. The van der Waals surface area contributed by atoms with Gasteiger partial charge in [0.1, 0.15) is 0 Å². The number of nitrogens with zero attached hydrogens (tertiary/aromatic N) is 3. The lowest BCUT2D eigenvalue weighted by Gasteiger charge is -2.26. The molecule has 1 aliphatic rings. The summed E-state index contributed by atoms with van der Waals surface area (Å²) in [4.78, 5) is 26.2. The van der Waals surface area contributed by atoms with Crippen molar-refractivity contribution >= 4 is 33.3 Å². The first-order valence-electron chi connectivity index (χ1n) is 9.62. The van der Waals surface area contributed by atoms with Crippen LogP contribution in [0.1, 0.15) is 35.1 Å². The van der Waals surface area contributed by atoms with Crippen LogP contribution in [0.4, 0.5) is 0 Å². The van der Waals surface area contributed by atoms with E-state index in [1.165, 1.54) is 4.90 Å². The van der Waals surface area contributed by atoms with E-state index in [1.807, 2.05) is 13.8 Å². The van der Waals surface area contributed by atoms with E-state index in [2.05, 4.69) is 5.10 Å². The molecule has 1 amide bonds. The number of sulfone groups is 1. The van der Waals surface area contributed by atoms with Crippen molar-refractivity contribution in [3.63, 3.8) is 0 Å². The van der Waals surface area contributed by atoms with Crippen LogP contribution in [0.25, 0.3) is 5.69 Å². The van der Waals surface area contributed by atoms with Crippen molar-refractivity contribution in [1.29, 1.82) is 0 Å². The molecule has 0 N–H and O–H groups in total. The number of hydrogen-bond donors (Lipinski definition) is 0. The van der Waals surface area contributed by atoms with Crippen LogP contribution >= 0.6 is 11.6 Å². The third-order valence-electron chi connectivity index (χ3n) is 5.19. The Hall–Kier alpha value is -2.39. The second-order valence-electron chi connectivity index (χ2n) is 7.26. The first-order valence-corrected chi connectivity index (χ1v) is 11.8. The number of ether oxygens (including phenoxy) is 1. The molecule has 1 aromatic carbocycles. The second-order valence-corrected chi connectivity index (χ2v) is 9.86. The standard InChI is InChI=1S/C20H24ClN3O5S/c1-4-23(17-9-10-30(27,28)12-17)18(25)11-29-20(26)15-5-7-16(8-6-15)24-14(3)19(21)13(2)22-24/h5-8,17H,4,9-12H2,1-3H3. The zero-order chi connectivity index (χ0) is 22.1. The van der Waals surface area contributed by atoms with Crippen LogP contribution in [0.2, 0.25) is 5.02 Å². The summed E-state index contributed by atoms with van der Waals surface area (Å²) in [6, 6.07) is 6.26. The fourth-order valence-corrected chi connectivity index (χ4v) is 5.42. The number of carbonyl (C=O) groups excluding carboxylic acids is 2. The quantitative estimate of drug-likeness (QED) is 0.622. The van der Waals surface area contributed by atoms with E-state index < -0.39 is 28.3 Å². The van der Waals surface area contributed by atoms with E-state index in [4.69, 9.17) is 16.3 Å². The average molecular weight is 454 g/mol. The largest absolute Gasteiger partial charge is 0.452 e. The summed E-state index contributed by atoms with van der Waals surface area (Å²) in [5, 5.41) is 4.96. The van der Waals surface area contributed by atoms with Crippen LogP contribution in [0.15, 0.2) is 24.3 Å². The van der Waals surface area contributed by atoms with Gasteiger partial charge in [-0.1, -0.05) is 11.6 Å². The lowest BCUT2D eigenvalue weighted by Crippen LogP contribution is -2.43. The third kappa shape index (κ3) is 4.67. The number of rotatable bonds is 6. The molecule has 1 fully saturated rings. The highest BCUT2D eigenvalue weighted by atomic mass is 35.5. The van der Waals surface area contributed by atoms with Crippen LogP contribution in [0.5, 0.6) is 0 Å². The number of aryl methyl sites for hydroxylation is 1. The van der Waals surface area contributed by atoms with Crippen molar-refractivity contribution in [3.05, 3.63) is 46.2 Å². The van der Waals surface area contributed by atoms with Crippen molar-refractivity contribution in [2.45, 2.75) is 33.2 Å². The molecular weight excluding hydrogens is 430 g/mol. The van der Waals surface area contributed by atoms with Gasteiger partial charge in [-0.25, -0.2) is 17.9 Å². The minimum absolute atomic E-state index is 0.0433. The lowest BCUT2D eigenvalue weighted by molar-refractivity contribution is -0.136. The van der Waals surface area contributed by atoms with Gasteiger partial charge in [0.05, 0.1) is 39.2 Å². The Morgan fingerprint density at radius 1 is 1.27 bits per heavy atom. The Morgan fingerprint density at radius 2 is 1.93 bits per heavy atom. The molecule has 1 aliphatic heterocycles. The SMILES string of the molecule is CCN(C(=O)COC(=O)c1ccc(-n2nc(C)c(Cl)c2C)cc1)C1CCS(=O)(=O)C1. The summed E-state index contributed by atoms with van der Waals surface area (Å²) in [5.41, 5.74) is 2.55. The first-order chi connectivity index (χ1) is 14.1. The van der Waals surface area contributed by atoms with Gasteiger partial charge < -0.3 is 9.64 Å². The summed E-state index contributed by atoms with van der Waals surface area (Å²) < 4.78 is 30.2. The summed E-state index contributed by atoms with van der Waals surface area (Å²) >= 11 is 6.17. The molecule has 1 atom stereocenters. The van der Waals surface area contributed by atoms with Gasteiger partial charge in [0.2, 0.25) is 0 Å². The number of hydrogen-bond acceptors (Lipinski definition) is 6. The fourth-order valence-electron chi connectivity index (χ4n) is 3.57. The van der Waals surface area contributed by atoms with E-state index >= 15 is 0 Å².